The Morgan fingerprint density at radius 1 is 1.11 bits per heavy atom. The number of rotatable bonds is 4. The van der Waals surface area contributed by atoms with E-state index in [0.29, 0.717) is 6.61 Å². The number of hydrogen-bond acceptors (Lipinski definition) is 2. The van der Waals surface area contributed by atoms with Crippen LogP contribution >= 0.6 is 23.4 Å². The van der Waals surface area contributed by atoms with Crippen molar-refractivity contribution in [2.24, 2.45) is 0 Å². The first-order valence-electron chi connectivity index (χ1n) is 5.72. The molecule has 18 heavy (non-hydrogen) atoms. The molecule has 2 aromatic rings. The highest BCUT2D eigenvalue weighted by atomic mass is 35.5. The molecule has 0 bridgehead atoms. The summed E-state index contributed by atoms with van der Waals surface area (Å²) in [7, 11) is 0. The minimum Gasteiger partial charge on any atom is -0.489 e. The van der Waals surface area contributed by atoms with Gasteiger partial charge < -0.3 is 4.74 Å². The van der Waals surface area contributed by atoms with Crippen molar-refractivity contribution in [3.63, 3.8) is 0 Å². The van der Waals surface area contributed by atoms with Crippen LogP contribution in [-0.2, 0) is 6.61 Å². The maximum atomic E-state index is 6.28. The summed E-state index contributed by atoms with van der Waals surface area (Å²) >= 11 is 7.92. The maximum Gasteiger partial charge on any atom is 0.124 e. The summed E-state index contributed by atoms with van der Waals surface area (Å²) in [6, 6.07) is 14.1. The molecular weight excluding hydrogens is 264 g/mol. The first-order valence-corrected chi connectivity index (χ1v) is 7.32. The van der Waals surface area contributed by atoms with Gasteiger partial charge in [0.25, 0.3) is 0 Å². The van der Waals surface area contributed by atoms with Crippen LogP contribution in [-0.4, -0.2) is 6.26 Å². The van der Waals surface area contributed by atoms with Crippen molar-refractivity contribution in [3.8, 4) is 5.75 Å². The average molecular weight is 279 g/mol. The van der Waals surface area contributed by atoms with Crippen molar-refractivity contribution >= 4 is 23.4 Å². The molecule has 2 aromatic carbocycles. The largest absolute Gasteiger partial charge is 0.489 e. The molecule has 0 aliphatic rings. The van der Waals surface area contributed by atoms with Gasteiger partial charge in [-0.2, -0.15) is 0 Å². The topological polar surface area (TPSA) is 9.23 Å². The molecule has 1 nitrogen and oxygen atoms in total. The van der Waals surface area contributed by atoms with Gasteiger partial charge in [-0.15, -0.1) is 11.8 Å². The van der Waals surface area contributed by atoms with Gasteiger partial charge in [-0.3, -0.25) is 0 Å². The molecule has 94 valence electrons. The molecule has 0 spiro atoms. The normalized spacial score (nSPS) is 10.4. The van der Waals surface area contributed by atoms with E-state index in [9.17, 15) is 0 Å². The molecule has 0 radical (unpaired) electrons. The fraction of sp³-hybridized carbons (Fsp3) is 0.200. The third-order valence-corrected chi connectivity index (χ3v) is 4.14. The highest BCUT2D eigenvalue weighted by Crippen LogP contribution is 2.34. The Morgan fingerprint density at radius 3 is 2.50 bits per heavy atom. The van der Waals surface area contributed by atoms with Crippen molar-refractivity contribution in [3.05, 3.63) is 58.6 Å². The Labute approximate surface area is 117 Å². The first kappa shape index (κ1) is 13.3. The van der Waals surface area contributed by atoms with Crippen LogP contribution in [0.25, 0.3) is 0 Å². The highest BCUT2D eigenvalue weighted by molar-refractivity contribution is 7.98. The summed E-state index contributed by atoms with van der Waals surface area (Å²) in [6.45, 7) is 2.55. The molecule has 3 heteroatoms. The third-order valence-electron chi connectivity index (χ3n) is 2.76. The summed E-state index contributed by atoms with van der Waals surface area (Å²) < 4.78 is 5.81. The molecule has 0 atom stereocenters. The predicted octanol–water partition coefficient (Wildman–Crippen LogP) is 4.95. The summed E-state index contributed by atoms with van der Waals surface area (Å²) in [5.74, 6) is 0.849. The van der Waals surface area contributed by atoms with Crippen molar-refractivity contribution in [1.82, 2.24) is 0 Å². The zero-order valence-electron chi connectivity index (χ0n) is 10.4. The van der Waals surface area contributed by atoms with Crippen LogP contribution in [0.1, 0.15) is 11.1 Å². The molecule has 0 aliphatic heterocycles. The molecule has 0 saturated carbocycles. The Morgan fingerprint density at radius 2 is 1.83 bits per heavy atom. The summed E-state index contributed by atoms with van der Waals surface area (Å²) in [4.78, 5) is 1.08. The van der Waals surface area contributed by atoms with Gasteiger partial charge in [0, 0.05) is 10.5 Å². The van der Waals surface area contributed by atoms with E-state index in [2.05, 4.69) is 0 Å². The molecule has 0 fully saturated rings. The van der Waals surface area contributed by atoms with Crippen LogP contribution in [0.4, 0.5) is 0 Å². The van der Waals surface area contributed by atoms with E-state index in [1.165, 1.54) is 0 Å². The van der Waals surface area contributed by atoms with Gasteiger partial charge in [0.15, 0.2) is 0 Å². The molecular formula is C15H15ClOS. The van der Waals surface area contributed by atoms with Crippen molar-refractivity contribution in [2.45, 2.75) is 18.4 Å². The Hall–Kier alpha value is -1.12. The second-order valence-electron chi connectivity index (χ2n) is 3.98. The van der Waals surface area contributed by atoms with Gasteiger partial charge in [-0.25, -0.2) is 0 Å². The first-order chi connectivity index (χ1) is 8.72. The van der Waals surface area contributed by atoms with Gasteiger partial charge in [-0.1, -0.05) is 41.9 Å². The molecule has 0 aliphatic carbocycles. The fourth-order valence-electron chi connectivity index (χ4n) is 1.69. The number of thioether (sulfide) groups is 1. The second kappa shape index (κ2) is 6.17. The third kappa shape index (κ3) is 3.01. The molecule has 0 heterocycles. The Balaban J connectivity index is 2.13. The van der Waals surface area contributed by atoms with E-state index < -0.39 is 0 Å². The van der Waals surface area contributed by atoms with Crippen LogP contribution in [0, 0.1) is 6.92 Å². The fourth-order valence-corrected chi connectivity index (χ4v) is 2.62. The zero-order chi connectivity index (χ0) is 13.0. The monoisotopic (exact) mass is 278 g/mol. The van der Waals surface area contributed by atoms with Crippen LogP contribution in [0.15, 0.2) is 47.4 Å². The molecule has 0 amide bonds. The van der Waals surface area contributed by atoms with E-state index in [4.69, 9.17) is 16.3 Å². The molecule has 0 unspecified atom stereocenters. The molecule has 0 N–H and O–H groups in total. The highest BCUT2D eigenvalue weighted by Gasteiger charge is 2.08. The smallest absolute Gasteiger partial charge is 0.124 e. The van der Waals surface area contributed by atoms with Gasteiger partial charge >= 0.3 is 0 Å². The van der Waals surface area contributed by atoms with E-state index in [1.807, 2.05) is 55.6 Å². The SMILES string of the molecule is CSc1ccc(OCc2ccccc2)c(C)c1Cl. The van der Waals surface area contributed by atoms with Crippen LogP contribution in [0.2, 0.25) is 5.02 Å². The van der Waals surface area contributed by atoms with Gasteiger partial charge in [-0.05, 0) is 30.9 Å². The lowest BCUT2D eigenvalue weighted by Gasteiger charge is -2.12. The lowest BCUT2D eigenvalue weighted by Crippen LogP contribution is -1.97. The minimum atomic E-state index is 0.566. The lowest BCUT2D eigenvalue weighted by atomic mass is 10.2. The number of ether oxygens (including phenoxy) is 1. The second-order valence-corrected chi connectivity index (χ2v) is 5.21. The Kier molecular flexibility index (Phi) is 4.56. The molecule has 0 aromatic heterocycles. The van der Waals surface area contributed by atoms with Crippen molar-refractivity contribution < 1.29 is 4.74 Å². The van der Waals surface area contributed by atoms with E-state index >= 15 is 0 Å². The van der Waals surface area contributed by atoms with Gasteiger partial charge in [0.05, 0.1) is 5.02 Å². The van der Waals surface area contributed by atoms with E-state index in [-0.39, 0.29) is 0 Å². The van der Waals surface area contributed by atoms with Gasteiger partial charge in [0.1, 0.15) is 12.4 Å². The quantitative estimate of drug-likeness (QED) is 0.732. The lowest BCUT2D eigenvalue weighted by molar-refractivity contribution is 0.304. The number of hydrogen-bond donors (Lipinski definition) is 0. The predicted molar refractivity (Wildman–Crippen MR) is 78.7 cm³/mol. The Bertz CT molecular complexity index is 526. The molecule has 2 rings (SSSR count). The van der Waals surface area contributed by atoms with E-state index in [0.717, 1.165) is 26.8 Å². The van der Waals surface area contributed by atoms with Crippen molar-refractivity contribution in [1.29, 1.82) is 0 Å². The average Bonchev–Trinajstić information content (AvgIpc) is 2.42. The van der Waals surface area contributed by atoms with Crippen LogP contribution < -0.4 is 4.74 Å². The number of benzene rings is 2. The van der Waals surface area contributed by atoms with Crippen LogP contribution in [0.3, 0.4) is 0 Å². The summed E-state index contributed by atoms with van der Waals surface area (Å²) in [5.41, 5.74) is 2.15. The molecule has 0 saturated heterocycles. The van der Waals surface area contributed by atoms with E-state index in [1.54, 1.807) is 11.8 Å². The zero-order valence-corrected chi connectivity index (χ0v) is 12.0. The van der Waals surface area contributed by atoms with Gasteiger partial charge in [0.2, 0.25) is 0 Å². The van der Waals surface area contributed by atoms with Crippen molar-refractivity contribution in [2.75, 3.05) is 6.26 Å². The van der Waals surface area contributed by atoms with Crippen LogP contribution in [0.5, 0.6) is 5.75 Å². The minimum absolute atomic E-state index is 0.566. The summed E-state index contributed by atoms with van der Waals surface area (Å²) in [6.07, 6.45) is 2.02. The maximum absolute atomic E-state index is 6.28. The standard InChI is InChI=1S/C15H15ClOS/c1-11-13(8-9-14(18-2)15(11)16)17-10-12-6-4-3-5-7-12/h3-9H,10H2,1-2H3. The summed E-state index contributed by atoms with van der Waals surface area (Å²) in [5, 5.41) is 0.785. The number of halogens is 1.